The van der Waals surface area contributed by atoms with Crippen LogP contribution in [0.3, 0.4) is 0 Å². The SMILES string of the molecule is O=[N+]([O-])c1cccc(-c2csc3ncnc(NCCCCCO)c23)c1. The predicted octanol–water partition coefficient (Wildman–Crippen LogP) is 3.84. The lowest BCUT2D eigenvalue weighted by molar-refractivity contribution is -0.384. The molecule has 1 aromatic carbocycles. The standard InChI is InChI=1S/C17H18N4O3S/c22-8-3-1-2-7-18-16-15-14(10-25-17(15)20-11-19-16)12-5-4-6-13(9-12)21(23)24/h4-6,9-11,22H,1-3,7-8H2,(H,18,19,20). The van der Waals surface area contributed by atoms with Crippen LogP contribution in [0, 0.1) is 10.1 Å². The summed E-state index contributed by atoms with van der Waals surface area (Å²) in [7, 11) is 0. The van der Waals surface area contributed by atoms with Gasteiger partial charge in [-0.2, -0.15) is 0 Å². The zero-order chi connectivity index (χ0) is 17.6. The van der Waals surface area contributed by atoms with E-state index in [1.54, 1.807) is 12.1 Å². The van der Waals surface area contributed by atoms with Gasteiger partial charge in [-0.1, -0.05) is 12.1 Å². The smallest absolute Gasteiger partial charge is 0.270 e. The lowest BCUT2D eigenvalue weighted by atomic mass is 10.1. The third-order valence-electron chi connectivity index (χ3n) is 3.87. The Morgan fingerprint density at radius 3 is 2.92 bits per heavy atom. The van der Waals surface area contributed by atoms with Gasteiger partial charge in [0.1, 0.15) is 17.0 Å². The van der Waals surface area contributed by atoms with Gasteiger partial charge in [0.25, 0.3) is 5.69 Å². The van der Waals surface area contributed by atoms with E-state index >= 15 is 0 Å². The summed E-state index contributed by atoms with van der Waals surface area (Å²) in [4.78, 5) is 20.1. The Hall–Kier alpha value is -2.58. The highest BCUT2D eigenvalue weighted by Gasteiger charge is 2.15. The van der Waals surface area contributed by atoms with Gasteiger partial charge in [-0.25, -0.2) is 9.97 Å². The van der Waals surface area contributed by atoms with Crippen LogP contribution in [0.4, 0.5) is 11.5 Å². The number of aliphatic hydroxyl groups is 1. The second-order valence-electron chi connectivity index (χ2n) is 5.57. The van der Waals surface area contributed by atoms with E-state index in [0.29, 0.717) is 0 Å². The molecule has 7 nitrogen and oxygen atoms in total. The average Bonchev–Trinajstić information content (AvgIpc) is 3.06. The van der Waals surface area contributed by atoms with Crippen LogP contribution in [0.5, 0.6) is 0 Å². The van der Waals surface area contributed by atoms with Crippen molar-refractivity contribution in [2.75, 3.05) is 18.5 Å². The molecule has 0 aliphatic carbocycles. The fourth-order valence-electron chi connectivity index (χ4n) is 2.63. The molecule has 2 aromatic heterocycles. The van der Waals surface area contributed by atoms with Gasteiger partial charge in [-0.05, 0) is 24.8 Å². The number of rotatable bonds is 8. The van der Waals surface area contributed by atoms with Gasteiger partial charge in [0.15, 0.2) is 0 Å². The molecule has 3 rings (SSSR count). The largest absolute Gasteiger partial charge is 0.396 e. The third kappa shape index (κ3) is 3.92. The lowest BCUT2D eigenvalue weighted by Crippen LogP contribution is -2.04. The molecule has 0 atom stereocenters. The molecule has 0 fully saturated rings. The van der Waals surface area contributed by atoms with Crippen LogP contribution in [0.15, 0.2) is 36.0 Å². The Balaban J connectivity index is 1.91. The van der Waals surface area contributed by atoms with Gasteiger partial charge in [0.05, 0.1) is 10.3 Å². The summed E-state index contributed by atoms with van der Waals surface area (Å²) in [5, 5.41) is 26.0. The molecular formula is C17H18N4O3S. The molecule has 0 unspecified atom stereocenters. The first-order valence-electron chi connectivity index (χ1n) is 8.02. The molecule has 0 aliphatic rings. The molecule has 0 radical (unpaired) electrons. The number of nitro groups is 1. The Morgan fingerprint density at radius 1 is 1.24 bits per heavy atom. The van der Waals surface area contributed by atoms with Gasteiger partial charge in [0, 0.05) is 36.2 Å². The molecule has 2 heterocycles. The Labute approximate surface area is 148 Å². The molecule has 25 heavy (non-hydrogen) atoms. The molecule has 0 saturated heterocycles. The summed E-state index contributed by atoms with van der Waals surface area (Å²) in [5.41, 5.74) is 1.73. The molecule has 8 heteroatoms. The van der Waals surface area contributed by atoms with E-state index in [9.17, 15) is 10.1 Å². The van der Waals surface area contributed by atoms with Gasteiger partial charge < -0.3 is 10.4 Å². The number of thiophene rings is 1. The zero-order valence-corrected chi connectivity index (χ0v) is 14.3. The average molecular weight is 358 g/mol. The van der Waals surface area contributed by atoms with E-state index in [4.69, 9.17) is 5.11 Å². The zero-order valence-electron chi connectivity index (χ0n) is 13.5. The van der Waals surface area contributed by atoms with Crippen molar-refractivity contribution in [3.05, 3.63) is 46.1 Å². The number of hydrogen-bond acceptors (Lipinski definition) is 7. The summed E-state index contributed by atoms with van der Waals surface area (Å²) >= 11 is 1.49. The maximum absolute atomic E-state index is 11.0. The van der Waals surface area contributed by atoms with Crippen molar-refractivity contribution in [2.24, 2.45) is 0 Å². The highest BCUT2D eigenvalue weighted by Crippen LogP contribution is 2.37. The second-order valence-corrected chi connectivity index (χ2v) is 6.43. The molecule has 3 aromatic rings. The van der Waals surface area contributed by atoms with Crippen molar-refractivity contribution < 1.29 is 10.0 Å². The molecule has 0 spiro atoms. The molecule has 0 bridgehead atoms. The number of anilines is 1. The van der Waals surface area contributed by atoms with Crippen molar-refractivity contribution in [1.29, 1.82) is 0 Å². The highest BCUT2D eigenvalue weighted by atomic mass is 32.1. The number of aliphatic hydroxyl groups excluding tert-OH is 1. The number of nitrogens with zero attached hydrogens (tertiary/aromatic N) is 3. The van der Waals surface area contributed by atoms with E-state index in [1.165, 1.54) is 23.7 Å². The number of benzene rings is 1. The minimum Gasteiger partial charge on any atom is -0.396 e. The molecular weight excluding hydrogens is 340 g/mol. The van der Waals surface area contributed by atoms with E-state index < -0.39 is 4.92 Å². The first-order chi connectivity index (χ1) is 12.2. The number of fused-ring (bicyclic) bond motifs is 1. The summed E-state index contributed by atoms with van der Waals surface area (Å²) in [6, 6.07) is 6.59. The maximum Gasteiger partial charge on any atom is 0.270 e. The fourth-order valence-corrected chi connectivity index (χ4v) is 3.54. The molecule has 0 saturated carbocycles. The number of unbranched alkanes of at least 4 members (excludes halogenated alkanes) is 2. The number of nitrogens with one attached hydrogen (secondary N) is 1. The first-order valence-corrected chi connectivity index (χ1v) is 8.90. The van der Waals surface area contributed by atoms with Crippen molar-refractivity contribution in [1.82, 2.24) is 9.97 Å². The molecule has 2 N–H and O–H groups in total. The number of aromatic nitrogens is 2. The van der Waals surface area contributed by atoms with Crippen LogP contribution in [-0.4, -0.2) is 33.1 Å². The number of non-ortho nitro benzene ring substituents is 1. The monoisotopic (exact) mass is 358 g/mol. The Morgan fingerprint density at radius 2 is 2.12 bits per heavy atom. The third-order valence-corrected chi connectivity index (χ3v) is 4.75. The van der Waals surface area contributed by atoms with Crippen molar-refractivity contribution in [3.8, 4) is 11.1 Å². The van der Waals surface area contributed by atoms with Gasteiger partial charge in [-0.3, -0.25) is 10.1 Å². The minimum atomic E-state index is -0.394. The second kappa shape index (κ2) is 8.00. The van der Waals surface area contributed by atoms with Gasteiger partial charge >= 0.3 is 0 Å². The van der Waals surface area contributed by atoms with Crippen LogP contribution in [0.1, 0.15) is 19.3 Å². The topological polar surface area (TPSA) is 101 Å². The lowest BCUT2D eigenvalue weighted by Gasteiger charge is -2.08. The van der Waals surface area contributed by atoms with Crippen LogP contribution in [0.2, 0.25) is 0 Å². The summed E-state index contributed by atoms with van der Waals surface area (Å²) in [6.45, 7) is 0.954. The van der Waals surface area contributed by atoms with Crippen LogP contribution in [0.25, 0.3) is 21.3 Å². The molecule has 0 amide bonds. The summed E-state index contributed by atoms with van der Waals surface area (Å²) in [6.07, 6.45) is 4.19. The van der Waals surface area contributed by atoms with Crippen LogP contribution in [-0.2, 0) is 0 Å². The molecule has 0 aliphatic heterocycles. The van der Waals surface area contributed by atoms with Crippen LogP contribution < -0.4 is 5.32 Å². The minimum absolute atomic E-state index is 0.0622. The summed E-state index contributed by atoms with van der Waals surface area (Å²) in [5.74, 6) is 0.733. The Kier molecular flexibility index (Phi) is 5.52. The van der Waals surface area contributed by atoms with E-state index in [0.717, 1.165) is 53.0 Å². The van der Waals surface area contributed by atoms with E-state index in [1.807, 2.05) is 11.4 Å². The van der Waals surface area contributed by atoms with Crippen LogP contribution >= 0.6 is 11.3 Å². The van der Waals surface area contributed by atoms with Crippen molar-refractivity contribution in [3.63, 3.8) is 0 Å². The predicted molar refractivity (Wildman–Crippen MR) is 98.9 cm³/mol. The van der Waals surface area contributed by atoms with Crippen molar-refractivity contribution >= 4 is 33.1 Å². The van der Waals surface area contributed by atoms with Gasteiger partial charge in [-0.15, -0.1) is 11.3 Å². The normalized spacial score (nSPS) is 10.9. The summed E-state index contributed by atoms with van der Waals surface area (Å²) < 4.78 is 0. The fraction of sp³-hybridized carbons (Fsp3) is 0.294. The maximum atomic E-state index is 11.0. The van der Waals surface area contributed by atoms with Gasteiger partial charge in [0.2, 0.25) is 0 Å². The molecule has 130 valence electrons. The highest BCUT2D eigenvalue weighted by molar-refractivity contribution is 7.17. The van der Waals surface area contributed by atoms with Crippen molar-refractivity contribution in [2.45, 2.75) is 19.3 Å². The Bertz CT molecular complexity index is 881. The van der Waals surface area contributed by atoms with E-state index in [2.05, 4.69) is 15.3 Å². The quantitative estimate of drug-likeness (QED) is 0.360. The first kappa shape index (κ1) is 17.2. The number of nitro benzene ring substituents is 1. The number of hydrogen-bond donors (Lipinski definition) is 2. The van der Waals surface area contributed by atoms with E-state index in [-0.39, 0.29) is 12.3 Å².